The van der Waals surface area contributed by atoms with Crippen LogP contribution in [0.1, 0.15) is 16.9 Å². The first-order valence-corrected chi connectivity index (χ1v) is 10.8. The van der Waals surface area contributed by atoms with Crippen LogP contribution in [0.3, 0.4) is 0 Å². The van der Waals surface area contributed by atoms with Crippen LogP contribution < -0.4 is 4.90 Å². The molecule has 0 aliphatic carbocycles. The van der Waals surface area contributed by atoms with Gasteiger partial charge in [-0.3, -0.25) is 19.4 Å². The number of hydrogen-bond acceptors (Lipinski definition) is 7. The molecule has 0 atom stereocenters. The minimum atomic E-state index is -4.44. The van der Waals surface area contributed by atoms with Gasteiger partial charge >= 0.3 is 24.0 Å². The van der Waals surface area contributed by atoms with Crippen molar-refractivity contribution in [2.75, 3.05) is 37.7 Å². The van der Waals surface area contributed by atoms with E-state index in [0.29, 0.717) is 38.4 Å². The van der Waals surface area contributed by atoms with Crippen molar-refractivity contribution in [3.63, 3.8) is 0 Å². The highest BCUT2D eigenvalue weighted by atomic mass is 32.1. The highest BCUT2D eigenvalue weighted by molar-refractivity contribution is 7.09. The molecule has 2 saturated heterocycles. The van der Waals surface area contributed by atoms with E-state index in [-0.39, 0.29) is 13.2 Å². The SMILES string of the molecule is O=C1C(=O)N(CN2CCCN(c3ccc(C(F)(F)F)cn3)CC2)C(=O)N1Cc1cccs1. The molecule has 2 fully saturated rings. The van der Waals surface area contributed by atoms with Crippen molar-refractivity contribution in [3.05, 3.63) is 46.3 Å². The number of hydrogen-bond donors (Lipinski definition) is 0. The second-order valence-electron chi connectivity index (χ2n) is 7.49. The summed E-state index contributed by atoms with van der Waals surface area (Å²) in [6.07, 6.45) is -2.97. The number of carbonyl (C=O) groups is 3. The number of amides is 4. The summed E-state index contributed by atoms with van der Waals surface area (Å²) < 4.78 is 38.2. The summed E-state index contributed by atoms with van der Waals surface area (Å²) in [7, 11) is 0. The second kappa shape index (κ2) is 8.87. The Bertz CT molecular complexity index is 997. The van der Waals surface area contributed by atoms with E-state index in [0.717, 1.165) is 26.9 Å². The number of pyridine rings is 1. The van der Waals surface area contributed by atoms with Gasteiger partial charge in [-0.1, -0.05) is 6.07 Å². The maximum Gasteiger partial charge on any atom is 0.417 e. The molecule has 2 aromatic rings. The topological polar surface area (TPSA) is 77.1 Å². The summed E-state index contributed by atoms with van der Waals surface area (Å²) in [5.41, 5.74) is -0.805. The minimum absolute atomic E-state index is 0.0153. The number of thiophene rings is 1. The number of rotatable bonds is 5. The highest BCUT2D eigenvalue weighted by Gasteiger charge is 2.45. The maximum atomic E-state index is 12.7. The molecule has 0 aromatic carbocycles. The Morgan fingerprint density at radius 1 is 0.969 bits per heavy atom. The van der Waals surface area contributed by atoms with Crippen molar-refractivity contribution in [1.82, 2.24) is 19.7 Å². The monoisotopic (exact) mass is 467 g/mol. The first-order valence-electron chi connectivity index (χ1n) is 9.94. The fourth-order valence-corrected chi connectivity index (χ4v) is 4.35. The van der Waals surface area contributed by atoms with Crippen LogP contribution in [0, 0.1) is 0 Å². The molecule has 8 nitrogen and oxygen atoms in total. The van der Waals surface area contributed by atoms with Gasteiger partial charge < -0.3 is 4.90 Å². The molecule has 0 spiro atoms. The zero-order chi connectivity index (χ0) is 22.9. The van der Waals surface area contributed by atoms with Crippen molar-refractivity contribution in [2.45, 2.75) is 19.1 Å². The van der Waals surface area contributed by atoms with E-state index < -0.39 is 29.6 Å². The molecule has 32 heavy (non-hydrogen) atoms. The summed E-state index contributed by atoms with van der Waals surface area (Å²) in [5, 5.41) is 1.83. The van der Waals surface area contributed by atoms with Gasteiger partial charge in [0.1, 0.15) is 5.82 Å². The van der Waals surface area contributed by atoms with Gasteiger partial charge in [0.15, 0.2) is 0 Å². The lowest BCUT2D eigenvalue weighted by Crippen LogP contribution is -2.43. The molecule has 0 unspecified atom stereocenters. The maximum absolute atomic E-state index is 12.7. The van der Waals surface area contributed by atoms with Crippen LogP contribution in [-0.4, -0.2) is 70.4 Å². The summed E-state index contributed by atoms with van der Waals surface area (Å²) in [6.45, 7) is 2.09. The molecule has 4 rings (SSSR count). The van der Waals surface area contributed by atoms with Gasteiger partial charge in [0.2, 0.25) is 0 Å². The van der Waals surface area contributed by atoms with Crippen molar-refractivity contribution in [3.8, 4) is 0 Å². The van der Waals surface area contributed by atoms with Gasteiger partial charge in [0, 0.05) is 37.3 Å². The Kier molecular flexibility index (Phi) is 6.15. The van der Waals surface area contributed by atoms with E-state index >= 15 is 0 Å². The van der Waals surface area contributed by atoms with Crippen LogP contribution in [-0.2, 0) is 22.3 Å². The first kappa shape index (κ1) is 22.2. The summed E-state index contributed by atoms with van der Waals surface area (Å²) in [5.74, 6) is -1.25. The Morgan fingerprint density at radius 3 is 2.41 bits per heavy atom. The van der Waals surface area contributed by atoms with Gasteiger partial charge in [-0.15, -0.1) is 11.3 Å². The number of urea groups is 1. The first-order chi connectivity index (χ1) is 15.2. The van der Waals surface area contributed by atoms with Crippen LogP contribution >= 0.6 is 11.3 Å². The minimum Gasteiger partial charge on any atom is -0.355 e. The van der Waals surface area contributed by atoms with Crippen LogP contribution in [0.2, 0.25) is 0 Å². The molecule has 4 amide bonds. The number of anilines is 1. The van der Waals surface area contributed by atoms with Crippen LogP contribution in [0.25, 0.3) is 0 Å². The zero-order valence-electron chi connectivity index (χ0n) is 16.9. The number of nitrogens with zero attached hydrogens (tertiary/aromatic N) is 5. The number of aromatic nitrogens is 1. The average Bonchev–Trinajstić information content (AvgIpc) is 3.25. The van der Waals surface area contributed by atoms with E-state index in [1.165, 1.54) is 17.4 Å². The third kappa shape index (κ3) is 4.60. The summed E-state index contributed by atoms with van der Waals surface area (Å²) in [4.78, 5) is 47.8. The molecule has 0 N–H and O–H groups in total. The molecule has 2 aliphatic heterocycles. The van der Waals surface area contributed by atoms with Gasteiger partial charge in [-0.2, -0.15) is 13.2 Å². The van der Waals surface area contributed by atoms with E-state index in [1.54, 1.807) is 12.1 Å². The van der Waals surface area contributed by atoms with Gasteiger partial charge in [-0.05, 0) is 30.0 Å². The zero-order valence-corrected chi connectivity index (χ0v) is 17.7. The van der Waals surface area contributed by atoms with Crippen LogP contribution in [0.4, 0.5) is 23.8 Å². The lowest BCUT2D eigenvalue weighted by Gasteiger charge is -2.25. The predicted molar refractivity (Wildman–Crippen MR) is 110 cm³/mol. The van der Waals surface area contributed by atoms with Gasteiger partial charge in [0.05, 0.1) is 18.8 Å². The standard InChI is InChI=1S/C20H20F3N5O3S/c21-20(22,23)14-4-5-16(24-11-14)26-7-2-6-25(8-9-26)13-28-18(30)17(29)27(19(28)31)12-15-3-1-10-32-15/h1,3-5,10-11H,2,6-9,12-13H2. The normalized spacial score (nSPS) is 18.6. The van der Waals surface area contributed by atoms with Crippen molar-refractivity contribution in [1.29, 1.82) is 0 Å². The number of imide groups is 2. The van der Waals surface area contributed by atoms with E-state index in [4.69, 9.17) is 0 Å². The largest absolute Gasteiger partial charge is 0.417 e. The van der Waals surface area contributed by atoms with E-state index in [9.17, 15) is 27.6 Å². The molecule has 0 saturated carbocycles. The number of carbonyl (C=O) groups excluding carboxylic acids is 3. The molecule has 0 bridgehead atoms. The van der Waals surface area contributed by atoms with Gasteiger partial charge in [-0.25, -0.2) is 14.7 Å². The molecule has 12 heteroatoms. The van der Waals surface area contributed by atoms with E-state index in [1.807, 2.05) is 15.2 Å². The number of alkyl halides is 3. The second-order valence-corrected chi connectivity index (χ2v) is 8.52. The number of halogens is 3. The third-order valence-corrected chi connectivity index (χ3v) is 6.22. The Labute approximate surface area is 185 Å². The van der Waals surface area contributed by atoms with Crippen molar-refractivity contribution >= 4 is 35.0 Å². The van der Waals surface area contributed by atoms with E-state index in [2.05, 4.69) is 4.98 Å². The predicted octanol–water partition coefficient (Wildman–Crippen LogP) is 2.62. The third-order valence-electron chi connectivity index (χ3n) is 5.36. The quantitative estimate of drug-likeness (QED) is 0.497. The lowest BCUT2D eigenvalue weighted by molar-refractivity contribution is -0.144. The molecular formula is C20H20F3N5O3S. The lowest BCUT2D eigenvalue weighted by atomic mass is 10.2. The molecule has 2 aliphatic rings. The molecule has 0 radical (unpaired) electrons. The molecular weight excluding hydrogens is 447 g/mol. The van der Waals surface area contributed by atoms with Crippen molar-refractivity contribution in [2.24, 2.45) is 0 Å². The van der Waals surface area contributed by atoms with Gasteiger partial charge in [0.25, 0.3) is 0 Å². The Hall–Kier alpha value is -2.99. The van der Waals surface area contributed by atoms with Crippen molar-refractivity contribution < 1.29 is 27.6 Å². The average molecular weight is 467 g/mol. The van der Waals surface area contributed by atoms with Crippen LogP contribution in [0.5, 0.6) is 0 Å². The Balaban J connectivity index is 1.37. The Morgan fingerprint density at radius 2 is 1.75 bits per heavy atom. The fraction of sp³-hybridized carbons (Fsp3) is 0.400. The summed E-state index contributed by atoms with van der Waals surface area (Å²) in [6, 6.07) is 5.29. The molecule has 170 valence electrons. The van der Waals surface area contributed by atoms with Crippen LogP contribution in [0.15, 0.2) is 35.8 Å². The fourth-order valence-electron chi connectivity index (χ4n) is 3.66. The summed E-state index contributed by atoms with van der Waals surface area (Å²) >= 11 is 1.39. The highest BCUT2D eigenvalue weighted by Crippen LogP contribution is 2.29. The molecule has 2 aromatic heterocycles. The smallest absolute Gasteiger partial charge is 0.355 e. The molecule has 4 heterocycles.